The number of rotatable bonds is 6. The first-order valence-electron chi connectivity index (χ1n) is 5.27. The highest BCUT2D eigenvalue weighted by Crippen LogP contribution is 2.21. The number of nitrogens with one attached hydrogen (secondary N) is 1. The summed E-state index contributed by atoms with van der Waals surface area (Å²) in [5.74, 6) is 0.312. The lowest BCUT2D eigenvalue weighted by Gasteiger charge is -2.12. The van der Waals surface area contributed by atoms with Crippen LogP contribution in [0.1, 0.15) is 13.3 Å². The molecule has 0 bridgehead atoms. The van der Waals surface area contributed by atoms with Gasteiger partial charge < -0.3 is 0 Å². The lowest BCUT2D eigenvalue weighted by molar-refractivity contribution is 0.531. The number of sulfonamides is 1. The Hall–Kier alpha value is 0.0900. The molecule has 1 N–H and O–H groups in total. The standard InChI is InChI=1S/C11H15Br2NO2S/c1-9(6-7-12)8-14-17(15,16)11-5-3-2-4-10(11)13/h2-5,9,14H,6-8H2,1H3. The predicted molar refractivity (Wildman–Crippen MR) is 76.9 cm³/mol. The van der Waals surface area contributed by atoms with E-state index >= 15 is 0 Å². The number of halogens is 2. The Balaban J connectivity index is 2.73. The molecule has 0 radical (unpaired) electrons. The Bertz CT molecular complexity index is 462. The number of benzene rings is 1. The van der Waals surface area contributed by atoms with Crippen molar-refractivity contribution in [2.45, 2.75) is 18.2 Å². The van der Waals surface area contributed by atoms with Gasteiger partial charge in [0.15, 0.2) is 0 Å². The maximum absolute atomic E-state index is 12.0. The van der Waals surface area contributed by atoms with E-state index in [1.807, 2.05) is 6.92 Å². The third-order valence-electron chi connectivity index (χ3n) is 2.35. The van der Waals surface area contributed by atoms with Gasteiger partial charge in [0.2, 0.25) is 10.0 Å². The summed E-state index contributed by atoms with van der Waals surface area (Å²) in [5, 5.41) is 0.880. The van der Waals surface area contributed by atoms with E-state index in [1.165, 1.54) is 0 Å². The maximum atomic E-state index is 12.0. The highest BCUT2D eigenvalue weighted by molar-refractivity contribution is 9.10. The molecule has 0 saturated carbocycles. The van der Waals surface area contributed by atoms with Gasteiger partial charge in [-0.25, -0.2) is 13.1 Å². The molecular weight excluding hydrogens is 370 g/mol. The minimum absolute atomic E-state index is 0.283. The summed E-state index contributed by atoms with van der Waals surface area (Å²) in [6.07, 6.45) is 0.943. The SMILES string of the molecule is CC(CCBr)CNS(=O)(=O)c1ccccc1Br. The van der Waals surface area contributed by atoms with E-state index in [2.05, 4.69) is 36.6 Å². The summed E-state index contributed by atoms with van der Waals surface area (Å²) in [5.41, 5.74) is 0. The van der Waals surface area contributed by atoms with Crippen molar-refractivity contribution in [3.63, 3.8) is 0 Å². The molecule has 96 valence electrons. The van der Waals surface area contributed by atoms with Gasteiger partial charge >= 0.3 is 0 Å². The fourth-order valence-corrected chi connectivity index (χ4v) is 4.23. The van der Waals surface area contributed by atoms with Crippen LogP contribution >= 0.6 is 31.9 Å². The van der Waals surface area contributed by atoms with Crippen LogP contribution in [0.2, 0.25) is 0 Å². The molecule has 0 fully saturated rings. The molecule has 6 heteroatoms. The zero-order valence-corrected chi connectivity index (χ0v) is 13.5. The van der Waals surface area contributed by atoms with Crippen molar-refractivity contribution in [2.24, 2.45) is 5.92 Å². The minimum Gasteiger partial charge on any atom is -0.211 e. The van der Waals surface area contributed by atoms with Gasteiger partial charge in [-0.05, 0) is 40.4 Å². The summed E-state index contributed by atoms with van der Waals surface area (Å²) < 4.78 is 27.2. The fourth-order valence-electron chi connectivity index (χ4n) is 1.28. The predicted octanol–water partition coefficient (Wildman–Crippen LogP) is 3.15. The highest BCUT2D eigenvalue weighted by atomic mass is 79.9. The second kappa shape index (κ2) is 6.87. The quantitative estimate of drug-likeness (QED) is 0.765. The summed E-state index contributed by atoms with van der Waals surface area (Å²) in [4.78, 5) is 0.283. The molecule has 0 saturated heterocycles. The largest absolute Gasteiger partial charge is 0.241 e. The van der Waals surface area contributed by atoms with Crippen LogP contribution in [0.25, 0.3) is 0 Å². The van der Waals surface area contributed by atoms with E-state index < -0.39 is 10.0 Å². The molecule has 0 amide bonds. The lowest BCUT2D eigenvalue weighted by Crippen LogP contribution is -2.28. The highest BCUT2D eigenvalue weighted by Gasteiger charge is 2.17. The van der Waals surface area contributed by atoms with E-state index in [-0.39, 0.29) is 4.90 Å². The fraction of sp³-hybridized carbons (Fsp3) is 0.455. The van der Waals surface area contributed by atoms with Crippen molar-refractivity contribution in [3.05, 3.63) is 28.7 Å². The Labute approximate surface area is 119 Å². The second-order valence-electron chi connectivity index (χ2n) is 3.87. The van der Waals surface area contributed by atoms with Crippen LogP contribution in [-0.4, -0.2) is 20.3 Å². The second-order valence-corrected chi connectivity index (χ2v) is 7.25. The molecule has 1 rings (SSSR count). The van der Waals surface area contributed by atoms with Crippen molar-refractivity contribution in [1.29, 1.82) is 0 Å². The van der Waals surface area contributed by atoms with Gasteiger partial charge in [0.25, 0.3) is 0 Å². The average molecular weight is 385 g/mol. The first kappa shape index (κ1) is 15.1. The van der Waals surface area contributed by atoms with Crippen LogP contribution < -0.4 is 4.72 Å². The van der Waals surface area contributed by atoms with E-state index in [0.717, 1.165) is 11.8 Å². The first-order chi connectivity index (χ1) is 7.97. The van der Waals surface area contributed by atoms with Gasteiger partial charge in [-0.3, -0.25) is 0 Å². The van der Waals surface area contributed by atoms with Crippen LogP contribution in [0.5, 0.6) is 0 Å². The van der Waals surface area contributed by atoms with Crippen LogP contribution in [0.15, 0.2) is 33.6 Å². The van der Waals surface area contributed by atoms with Crippen molar-refractivity contribution in [2.75, 3.05) is 11.9 Å². The third-order valence-corrected chi connectivity index (χ3v) is 5.24. The van der Waals surface area contributed by atoms with E-state index in [1.54, 1.807) is 24.3 Å². The molecule has 1 aromatic carbocycles. The summed E-state index contributed by atoms with van der Waals surface area (Å²) in [6, 6.07) is 6.80. The molecule has 17 heavy (non-hydrogen) atoms. The van der Waals surface area contributed by atoms with Crippen LogP contribution in [0, 0.1) is 5.92 Å². The summed E-state index contributed by atoms with van der Waals surface area (Å²) >= 11 is 6.59. The van der Waals surface area contributed by atoms with E-state index in [4.69, 9.17) is 0 Å². The first-order valence-corrected chi connectivity index (χ1v) is 8.67. The smallest absolute Gasteiger partial charge is 0.211 e. The zero-order chi connectivity index (χ0) is 12.9. The molecule has 1 aromatic rings. The van der Waals surface area contributed by atoms with Crippen molar-refractivity contribution >= 4 is 41.9 Å². The van der Waals surface area contributed by atoms with Gasteiger partial charge in [-0.2, -0.15) is 0 Å². The normalized spacial score (nSPS) is 13.6. The molecule has 0 heterocycles. The van der Waals surface area contributed by atoms with Crippen molar-refractivity contribution < 1.29 is 8.42 Å². The van der Waals surface area contributed by atoms with Gasteiger partial charge in [-0.1, -0.05) is 35.0 Å². The number of hydrogen-bond donors (Lipinski definition) is 1. The molecular formula is C11H15Br2NO2S. The van der Waals surface area contributed by atoms with Crippen LogP contribution in [0.4, 0.5) is 0 Å². The Morgan fingerprint density at radius 1 is 1.35 bits per heavy atom. The monoisotopic (exact) mass is 383 g/mol. The van der Waals surface area contributed by atoms with Gasteiger partial charge in [0, 0.05) is 16.3 Å². The molecule has 0 aliphatic heterocycles. The van der Waals surface area contributed by atoms with Crippen LogP contribution in [-0.2, 0) is 10.0 Å². The topological polar surface area (TPSA) is 46.2 Å². The molecule has 0 spiro atoms. The number of alkyl halides is 1. The Kier molecular flexibility index (Phi) is 6.12. The van der Waals surface area contributed by atoms with Crippen LogP contribution in [0.3, 0.4) is 0 Å². The van der Waals surface area contributed by atoms with E-state index in [9.17, 15) is 8.42 Å². The summed E-state index contributed by atoms with van der Waals surface area (Å²) in [6.45, 7) is 2.47. The molecule has 3 nitrogen and oxygen atoms in total. The van der Waals surface area contributed by atoms with Gasteiger partial charge in [0.1, 0.15) is 0 Å². The summed E-state index contributed by atoms with van der Waals surface area (Å²) in [7, 11) is -3.42. The molecule has 1 atom stereocenters. The molecule has 1 unspecified atom stereocenters. The maximum Gasteiger partial charge on any atom is 0.241 e. The lowest BCUT2D eigenvalue weighted by atomic mass is 10.1. The third kappa shape index (κ3) is 4.69. The van der Waals surface area contributed by atoms with Gasteiger partial charge in [-0.15, -0.1) is 0 Å². The molecule has 0 aromatic heterocycles. The Morgan fingerprint density at radius 2 is 2.00 bits per heavy atom. The number of hydrogen-bond acceptors (Lipinski definition) is 2. The van der Waals surface area contributed by atoms with Gasteiger partial charge in [0.05, 0.1) is 4.90 Å². The Morgan fingerprint density at radius 3 is 2.59 bits per heavy atom. The average Bonchev–Trinajstić information content (AvgIpc) is 2.27. The van der Waals surface area contributed by atoms with E-state index in [0.29, 0.717) is 16.9 Å². The van der Waals surface area contributed by atoms with Crippen molar-refractivity contribution in [1.82, 2.24) is 4.72 Å². The molecule has 0 aliphatic rings. The minimum atomic E-state index is -3.42. The van der Waals surface area contributed by atoms with Crippen molar-refractivity contribution in [3.8, 4) is 0 Å². The zero-order valence-electron chi connectivity index (χ0n) is 9.49. The molecule has 0 aliphatic carbocycles.